The van der Waals surface area contributed by atoms with Crippen molar-refractivity contribution < 1.29 is 9.53 Å². The molecule has 0 fully saturated rings. The average Bonchev–Trinajstić information content (AvgIpc) is 2.57. The Labute approximate surface area is 87.6 Å². The summed E-state index contributed by atoms with van der Waals surface area (Å²) in [5.74, 6) is -0.297. The summed E-state index contributed by atoms with van der Waals surface area (Å²) in [6, 6.07) is 0.403. The van der Waals surface area contributed by atoms with E-state index >= 15 is 0 Å². The fraction of sp³-hybridized carbons (Fsp3) is 0.667. The fourth-order valence-electron chi connectivity index (χ4n) is 1.59. The molecule has 0 aliphatic carbocycles. The summed E-state index contributed by atoms with van der Waals surface area (Å²) in [7, 11) is 0. The van der Waals surface area contributed by atoms with Crippen molar-refractivity contribution in [2.75, 3.05) is 0 Å². The summed E-state index contributed by atoms with van der Waals surface area (Å²) >= 11 is 0. The number of fused-ring (bicyclic) bond motifs is 1. The van der Waals surface area contributed by atoms with Crippen LogP contribution in [0.5, 0.6) is 0 Å². The molecule has 2 heterocycles. The molecule has 1 atom stereocenters. The van der Waals surface area contributed by atoms with Crippen molar-refractivity contribution in [3.63, 3.8) is 0 Å². The van der Waals surface area contributed by atoms with Crippen LogP contribution in [0.25, 0.3) is 0 Å². The number of ether oxygens (including phenoxy) is 1. The van der Waals surface area contributed by atoms with E-state index in [4.69, 9.17) is 4.74 Å². The molecule has 1 N–H and O–H groups in total. The second kappa shape index (κ2) is 3.98. The molecule has 1 aromatic heterocycles. The van der Waals surface area contributed by atoms with E-state index in [0.29, 0.717) is 6.04 Å². The number of esters is 1. The number of rotatable bonds is 2. The molecule has 82 valence electrons. The quantitative estimate of drug-likeness (QED) is 0.686. The maximum atomic E-state index is 10.7. The highest BCUT2D eigenvalue weighted by atomic mass is 16.5. The van der Waals surface area contributed by atoms with Crippen LogP contribution in [0.2, 0.25) is 0 Å². The molecular formula is C9H14N4O2. The predicted molar refractivity (Wildman–Crippen MR) is 51.8 cm³/mol. The lowest BCUT2D eigenvalue weighted by Crippen LogP contribution is -2.37. The number of hydrogen-bond donors (Lipinski definition) is 1. The van der Waals surface area contributed by atoms with Gasteiger partial charge in [-0.2, -0.15) is 0 Å². The molecule has 0 radical (unpaired) electrons. The zero-order valence-electron chi connectivity index (χ0n) is 8.86. The zero-order chi connectivity index (χ0) is 10.8. The molecule has 2 rings (SSSR count). The van der Waals surface area contributed by atoms with E-state index in [0.717, 1.165) is 24.5 Å². The lowest BCUT2D eigenvalue weighted by atomic mass is 10.2. The van der Waals surface area contributed by atoms with Crippen LogP contribution in [0, 0.1) is 0 Å². The summed E-state index contributed by atoms with van der Waals surface area (Å²) in [6.07, 6.45) is 0. The van der Waals surface area contributed by atoms with E-state index in [1.54, 1.807) is 0 Å². The number of carbonyl (C=O) groups is 1. The van der Waals surface area contributed by atoms with E-state index in [1.165, 1.54) is 6.92 Å². The Balaban J connectivity index is 2.10. The highest BCUT2D eigenvalue weighted by molar-refractivity contribution is 5.65. The molecule has 6 heteroatoms. The Morgan fingerprint density at radius 1 is 1.73 bits per heavy atom. The molecule has 1 aliphatic rings. The Kier molecular flexibility index (Phi) is 2.68. The smallest absolute Gasteiger partial charge is 0.303 e. The Morgan fingerprint density at radius 3 is 3.27 bits per heavy atom. The number of nitrogens with one attached hydrogen (secondary N) is 1. The topological polar surface area (TPSA) is 69.0 Å². The van der Waals surface area contributed by atoms with Crippen LogP contribution in [-0.2, 0) is 29.2 Å². The highest BCUT2D eigenvalue weighted by Gasteiger charge is 2.20. The van der Waals surface area contributed by atoms with Crippen molar-refractivity contribution >= 4 is 5.97 Å². The van der Waals surface area contributed by atoms with E-state index in [1.807, 2.05) is 4.68 Å². The van der Waals surface area contributed by atoms with E-state index in [9.17, 15) is 4.79 Å². The van der Waals surface area contributed by atoms with Crippen molar-refractivity contribution in [2.45, 2.75) is 39.6 Å². The van der Waals surface area contributed by atoms with Gasteiger partial charge in [-0.25, -0.2) is 4.68 Å². The van der Waals surface area contributed by atoms with Gasteiger partial charge in [0.25, 0.3) is 0 Å². The third-order valence-corrected chi connectivity index (χ3v) is 2.40. The van der Waals surface area contributed by atoms with Crippen molar-refractivity contribution in [2.24, 2.45) is 0 Å². The van der Waals surface area contributed by atoms with Gasteiger partial charge in [0.2, 0.25) is 0 Å². The lowest BCUT2D eigenvalue weighted by molar-refractivity contribution is -0.142. The van der Waals surface area contributed by atoms with Gasteiger partial charge in [0, 0.05) is 19.5 Å². The van der Waals surface area contributed by atoms with Gasteiger partial charge >= 0.3 is 5.97 Å². The average molecular weight is 210 g/mol. The monoisotopic (exact) mass is 210 g/mol. The first-order valence-electron chi connectivity index (χ1n) is 4.95. The first kappa shape index (κ1) is 10.1. The molecule has 6 nitrogen and oxygen atoms in total. The lowest BCUT2D eigenvalue weighted by Gasteiger charge is -2.21. The second-order valence-corrected chi connectivity index (χ2v) is 3.73. The van der Waals surface area contributed by atoms with Crippen LogP contribution in [0.15, 0.2) is 0 Å². The molecule has 1 aliphatic heterocycles. The van der Waals surface area contributed by atoms with Crippen LogP contribution in [-0.4, -0.2) is 27.0 Å². The Bertz CT molecular complexity index is 374. The van der Waals surface area contributed by atoms with Gasteiger partial charge in [0.05, 0.1) is 12.2 Å². The minimum Gasteiger partial charge on any atom is -0.459 e. The molecule has 0 saturated heterocycles. The van der Waals surface area contributed by atoms with E-state index in [-0.39, 0.29) is 12.6 Å². The summed E-state index contributed by atoms with van der Waals surface area (Å²) in [5, 5.41) is 11.3. The third-order valence-electron chi connectivity index (χ3n) is 2.40. The van der Waals surface area contributed by atoms with Crippen molar-refractivity contribution in [3.05, 3.63) is 11.4 Å². The molecule has 1 aromatic rings. The van der Waals surface area contributed by atoms with E-state index < -0.39 is 0 Å². The van der Waals surface area contributed by atoms with E-state index in [2.05, 4.69) is 22.6 Å². The minimum absolute atomic E-state index is 0.209. The van der Waals surface area contributed by atoms with Crippen LogP contribution < -0.4 is 5.32 Å². The molecule has 0 unspecified atom stereocenters. The molecule has 0 aromatic carbocycles. The zero-order valence-corrected chi connectivity index (χ0v) is 8.86. The first-order chi connectivity index (χ1) is 7.16. The maximum absolute atomic E-state index is 10.7. The van der Waals surface area contributed by atoms with Crippen molar-refractivity contribution in [3.8, 4) is 0 Å². The van der Waals surface area contributed by atoms with Crippen LogP contribution in [0.3, 0.4) is 0 Å². The standard InChI is InChI=1S/C9H14N4O2/c1-6-4-13-9(3-10-6)8(11-12-13)5-15-7(2)14/h6,10H,3-5H2,1-2H3/t6-/m0/s1. The molecular weight excluding hydrogens is 196 g/mol. The number of carbonyl (C=O) groups excluding carboxylic acids is 1. The van der Waals surface area contributed by atoms with Crippen molar-refractivity contribution in [1.82, 2.24) is 20.3 Å². The maximum Gasteiger partial charge on any atom is 0.303 e. The molecule has 15 heavy (non-hydrogen) atoms. The number of aromatic nitrogens is 3. The van der Waals surface area contributed by atoms with Crippen LogP contribution in [0.4, 0.5) is 0 Å². The van der Waals surface area contributed by atoms with Gasteiger partial charge in [-0.3, -0.25) is 4.79 Å². The SMILES string of the molecule is CC(=O)OCc1nnn2c1CN[C@@H](C)C2. The van der Waals surface area contributed by atoms with Gasteiger partial charge in [-0.1, -0.05) is 5.21 Å². The summed E-state index contributed by atoms with van der Waals surface area (Å²) < 4.78 is 6.76. The predicted octanol–water partition coefficient (Wildman–Crippen LogP) is -0.167. The molecule has 0 bridgehead atoms. The molecule has 0 saturated carbocycles. The highest BCUT2D eigenvalue weighted by Crippen LogP contribution is 2.11. The summed E-state index contributed by atoms with van der Waals surface area (Å²) in [4.78, 5) is 10.7. The van der Waals surface area contributed by atoms with Crippen LogP contribution >= 0.6 is 0 Å². The van der Waals surface area contributed by atoms with Gasteiger partial charge < -0.3 is 10.1 Å². The molecule has 0 amide bonds. The van der Waals surface area contributed by atoms with Gasteiger partial charge in [-0.05, 0) is 6.92 Å². The summed E-state index contributed by atoms with van der Waals surface area (Å²) in [6.45, 7) is 5.22. The van der Waals surface area contributed by atoms with Crippen LogP contribution in [0.1, 0.15) is 25.2 Å². The Hall–Kier alpha value is -1.43. The minimum atomic E-state index is -0.297. The third kappa shape index (κ3) is 2.15. The number of nitrogens with zero attached hydrogens (tertiary/aromatic N) is 3. The molecule has 0 spiro atoms. The van der Waals surface area contributed by atoms with Gasteiger partial charge in [0.1, 0.15) is 12.3 Å². The normalized spacial score (nSPS) is 19.7. The largest absolute Gasteiger partial charge is 0.459 e. The number of hydrogen-bond acceptors (Lipinski definition) is 5. The Morgan fingerprint density at radius 2 is 2.53 bits per heavy atom. The second-order valence-electron chi connectivity index (χ2n) is 3.73. The first-order valence-corrected chi connectivity index (χ1v) is 4.95. The van der Waals surface area contributed by atoms with Crippen molar-refractivity contribution in [1.29, 1.82) is 0 Å². The van der Waals surface area contributed by atoms with Gasteiger partial charge in [-0.15, -0.1) is 5.10 Å². The van der Waals surface area contributed by atoms with Gasteiger partial charge in [0.15, 0.2) is 0 Å². The fourth-order valence-corrected chi connectivity index (χ4v) is 1.59. The summed E-state index contributed by atoms with van der Waals surface area (Å²) in [5.41, 5.74) is 1.75.